The molecule has 0 saturated heterocycles. The van der Waals surface area contributed by atoms with Crippen LogP contribution in [-0.2, 0) is 12.6 Å². The number of benzene rings is 1. The van der Waals surface area contributed by atoms with E-state index in [0.717, 1.165) is 23.9 Å². The normalized spacial score (nSPS) is 10.9. The molecule has 1 aromatic carbocycles. The Balaban J connectivity index is 1.69. The molecule has 0 aliphatic heterocycles. The van der Waals surface area contributed by atoms with Crippen LogP contribution in [0.5, 0.6) is 0 Å². The number of Topliss-reactive ketones (excluding diaryl/α,β-unsaturated/α-hetero) is 1. The third-order valence-corrected chi connectivity index (χ3v) is 5.59. The molecule has 2 heterocycles. The molecule has 0 aliphatic rings. The Morgan fingerprint density at radius 3 is 2.69 bits per heavy atom. The molecule has 3 rings (SSSR count). The van der Waals surface area contributed by atoms with Crippen molar-refractivity contribution in [2.75, 3.05) is 18.4 Å². The second-order valence-electron chi connectivity index (χ2n) is 7.47. The van der Waals surface area contributed by atoms with Gasteiger partial charge in [-0.2, -0.15) is 13.2 Å². The van der Waals surface area contributed by atoms with Gasteiger partial charge in [0, 0.05) is 29.6 Å². The molecule has 35 heavy (non-hydrogen) atoms. The number of nitrogens with zero attached hydrogens (tertiary/aromatic N) is 2. The van der Waals surface area contributed by atoms with Gasteiger partial charge in [0.15, 0.2) is 10.9 Å². The number of rotatable bonds is 7. The summed E-state index contributed by atoms with van der Waals surface area (Å²) in [5.41, 5.74) is 6.31. The minimum atomic E-state index is -4.51. The number of alkyl halides is 3. The molecule has 3 aromatic rings. The molecule has 7 nitrogen and oxygen atoms in total. The van der Waals surface area contributed by atoms with Gasteiger partial charge in [0.2, 0.25) is 0 Å². The lowest BCUT2D eigenvalue weighted by atomic mass is 10.00. The molecule has 0 radical (unpaired) electrons. The third-order valence-electron chi connectivity index (χ3n) is 4.76. The molecule has 0 atom stereocenters. The molecular weight excluding hydrogens is 479 g/mol. The fourth-order valence-corrected chi connectivity index (χ4v) is 3.58. The van der Waals surface area contributed by atoms with Crippen molar-refractivity contribution in [3.8, 4) is 11.8 Å². The Kier molecular flexibility index (Phi) is 8.57. The van der Waals surface area contributed by atoms with Crippen molar-refractivity contribution in [1.82, 2.24) is 15.3 Å². The number of carbonyl (C=O) groups is 2. The van der Waals surface area contributed by atoms with E-state index in [-0.39, 0.29) is 23.9 Å². The first kappa shape index (κ1) is 25.9. The predicted octanol–water partition coefficient (Wildman–Crippen LogP) is 4.16. The summed E-state index contributed by atoms with van der Waals surface area (Å²) in [6.45, 7) is 2.77. The maximum atomic E-state index is 12.9. The topological polar surface area (TPSA) is 110 Å². The number of nitrogens with one attached hydrogen (secondary N) is 2. The number of halogens is 3. The highest BCUT2D eigenvalue weighted by molar-refractivity contribution is 7.16. The molecule has 0 spiro atoms. The van der Waals surface area contributed by atoms with Gasteiger partial charge < -0.3 is 11.1 Å². The average molecular weight is 502 g/mol. The molecule has 0 fully saturated rings. The molecule has 4 N–H and O–H groups in total. The van der Waals surface area contributed by atoms with Crippen LogP contribution in [0.3, 0.4) is 0 Å². The van der Waals surface area contributed by atoms with E-state index < -0.39 is 11.7 Å². The number of anilines is 1. The molecule has 11 heteroatoms. The first-order valence-electron chi connectivity index (χ1n) is 10.5. The van der Waals surface area contributed by atoms with E-state index in [1.54, 1.807) is 18.2 Å². The van der Waals surface area contributed by atoms with Crippen LogP contribution in [0, 0.1) is 18.8 Å². The number of nitrogens with two attached hydrogens (primary N) is 1. The standard InChI is InChI=1S/C24H22F3N5O2S/c1-15-3-4-17(21(33)13-19-12-18(7-10-29-19)24(25,26)27)11-16(15)5-6-20-14-31-23(35-20)32-22(34)30-9-2-8-28/h3-4,7,10-12,14H,2,8-9,13,28H2,1H3,(H2,30,31,32,34). The zero-order chi connectivity index (χ0) is 25.4. The second kappa shape index (κ2) is 11.6. The van der Waals surface area contributed by atoms with Crippen molar-refractivity contribution in [2.24, 2.45) is 5.73 Å². The summed E-state index contributed by atoms with van der Waals surface area (Å²) in [7, 11) is 0. The van der Waals surface area contributed by atoms with Gasteiger partial charge in [-0.1, -0.05) is 29.4 Å². The van der Waals surface area contributed by atoms with Crippen LogP contribution < -0.4 is 16.4 Å². The lowest BCUT2D eigenvalue weighted by Gasteiger charge is -2.08. The summed E-state index contributed by atoms with van der Waals surface area (Å²) in [6, 6.07) is 6.28. The molecule has 0 unspecified atom stereocenters. The van der Waals surface area contributed by atoms with E-state index >= 15 is 0 Å². The molecule has 0 bridgehead atoms. The van der Waals surface area contributed by atoms with Crippen LogP contribution in [0.2, 0.25) is 0 Å². The van der Waals surface area contributed by atoms with Crippen molar-refractivity contribution in [3.05, 3.63) is 75.6 Å². The third kappa shape index (κ3) is 7.63. The smallest absolute Gasteiger partial charge is 0.338 e. The summed E-state index contributed by atoms with van der Waals surface area (Å²) >= 11 is 1.19. The minimum Gasteiger partial charge on any atom is -0.338 e. The Bertz CT molecular complexity index is 1280. The van der Waals surface area contributed by atoms with Gasteiger partial charge in [-0.3, -0.25) is 15.1 Å². The van der Waals surface area contributed by atoms with Gasteiger partial charge in [0.05, 0.1) is 23.1 Å². The van der Waals surface area contributed by atoms with Crippen LogP contribution >= 0.6 is 11.3 Å². The van der Waals surface area contributed by atoms with Gasteiger partial charge in [-0.05, 0) is 49.6 Å². The number of pyridine rings is 1. The van der Waals surface area contributed by atoms with Crippen molar-refractivity contribution in [1.29, 1.82) is 0 Å². The number of thiazole rings is 1. The van der Waals surface area contributed by atoms with Crippen LogP contribution in [0.15, 0.2) is 42.7 Å². The largest absolute Gasteiger partial charge is 0.416 e. The van der Waals surface area contributed by atoms with Gasteiger partial charge in [0.1, 0.15) is 0 Å². The summed E-state index contributed by atoms with van der Waals surface area (Å²) in [5.74, 6) is 5.57. The Morgan fingerprint density at radius 1 is 1.14 bits per heavy atom. The van der Waals surface area contributed by atoms with Gasteiger partial charge >= 0.3 is 12.2 Å². The molecule has 182 valence electrons. The Morgan fingerprint density at radius 2 is 1.94 bits per heavy atom. The Hall–Kier alpha value is -3.75. The van der Waals surface area contributed by atoms with Gasteiger partial charge in [-0.25, -0.2) is 9.78 Å². The average Bonchev–Trinajstić information content (AvgIpc) is 3.25. The van der Waals surface area contributed by atoms with Gasteiger partial charge in [-0.15, -0.1) is 0 Å². The SMILES string of the molecule is Cc1ccc(C(=O)Cc2cc(C(F)(F)F)ccn2)cc1C#Cc1cnc(NC(=O)NCCCN)s1. The maximum Gasteiger partial charge on any atom is 0.416 e. The first-order chi connectivity index (χ1) is 16.7. The summed E-state index contributed by atoms with van der Waals surface area (Å²) in [4.78, 5) is 33.1. The highest BCUT2D eigenvalue weighted by atomic mass is 32.1. The number of carbonyl (C=O) groups excluding carboxylic acids is 2. The van der Waals surface area contributed by atoms with E-state index in [1.165, 1.54) is 17.5 Å². The minimum absolute atomic E-state index is 0.0368. The number of hydrogen-bond donors (Lipinski definition) is 3. The van der Waals surface area contributed by atoms with E-state index in [2.05, 4.69) is 32.4 Å². The maximum absolute atomic E-state index is 12.9. The summed E-state index contributed by atoms with van der Waals surface area (Å²) < 4.78 is 38.8. The molecule has 0 aliphatic carbocycles. The summed E-state index contributed by atoms with van der Waals surface area (Å²) in [6.07, 6.45) is -1.54. The lowest BCUT2D eigenvalue weighted by Crippen LogP contribution is -2.30. The molecule has 2 amide bonds. The Labute approximate surface area is 204 Å². The van der Waals surface area contributed by atoms with Crippen LogP contribution in [0.25, 0.3) is 0 Å². The van der Waals surface area contributed by atoms with Crippen molar-refractivity contribution < 1.29 is 22.8 Å². The molecular formula is C24H22F3N5O2S. The number of ketones is 1. The predicted molar refractivity (Wildman–Crippen MR) is 127 cm³/mol. The first-order valence-corrected chi connectivity index (χ1v) is 11.4. The van der Waals surface area contributed by atoms with E-state index in [4.69, 9.17) is 5.73 Å². The molecule has 0 saturated carbocycles. The van der Waals surface area contributed by atoms with Crippen molar-refractivity contribution in [3.63, 3.8) is 0 Å². The van der Waals surface area contributed by atoms with E-state index in [1.807, 2.05) is 6.92 Å². The number of urea groups is 1. The van der Waals surface area contributed by atoms with Crippen molar-refractivity contribution in [2.45, 2.75) is 25.9 Å². The second-order valence-corrected chi connectivity index (χ2v) is 8.50. The van der Waals surface area contributed by atoms with E-state index in [0.29, 0.717) is 40.6 Å². The lowest BCUT2D eigenvalue weighted by molar-refractivity contribution is -0.137. The fraction of sp³-hybridized carbons (Fsp3) is 0.250. The monoisotopic (exact) mass is 501 g/mol. The highest BCUT2D eigenvalue weighted by Gasteiger charge is 2.30. The van der Waals surface area contributed by atoms with Gasteiger partial charge in [0.25, 0.3) is 0 Å². The summed E-state index contributed by atoms with van der Waals surface area (Å²) in [5, 5.41) is 5.66. The highest BCUT2D eigenvalue weighted by Crippen LogP contribution is 2.29. The van der Waals surface area contributed by atoms with Crippen LogP contribution in [-0.4, -0.2) is 34.9 Å². The number of amides is 2. The number of hydrogen-bond acceptors (Lipinski definition) is 6. The number of aryl methyl sites for hydroxylation is 1. The van der Waals surface area contributed by atoms with Crippen LogP contribution in [0.4, 0.5) is 23.1 Å². The zero-order valence-corrected chi connectivity index (χ0v) is 19.5. The van der Waals surface area contributed by atoms with E-state index in [9.17, 15) is 22.8 Å². The molecule has 2 aromatic heterocycles. The van der Waals surface area contributed by atoms with Crippen molar-refractivity contribution >= 4 is 28.3 Å². The number of aromatic nitrogens is 2. The zero-order valence-electron chi connectivity index (χ0n) is 18.7. The van der Waals surface area contributed by atoms with Crippen LogP contribution in [0.1, 0.15) is 44.0 Å². The fourth-order valence-electron chi connectivity index (χ4n) is 2.91. The quantitative estimate of drug-likeness (QED) is 0.256.